The molecule has 7 nitrogen and oxygen atoms in total. The molecule has 0 spiro atoms. The summed E-state index contributed by atoms with van der Waals surface area (Å²) in [5, 5.41) is 4.61. The zero-order valence-corrected chi connectivity index (χ0v) is 11.9. The first-order chi connectivity index (χ1) is 9.67. The molecule has 0 saturated heterocycles. The third kappa shape index (κ3) is 4.40. The number of nitrogens with two attached hydrogens (primary N) is 1. The molecule has 0 aliphatic heterocycles. The van der Waals surface area contributed by atoms with Gasteiger partial charge in [-0.05, 0) is 37.1 Å². The predicted molar refractivity (Wildman–Crippen MR) is 75.1 cm³/mol. The molecule has 1 heterocycles. The molecule has 0 unspecified atom stereocenters. The van der Waals surface area contributed by atoms with Crippen LogP contribution in [0.4, 0.5) is 4.79 Å². The lowest BCUT2D eigenvalue weighted by atomic mass is 9.85. The Bertz CT molecular complexity index is 504. The molecule has 8 heteroatoms. The second-order valence-corrected chi connectivity index (χ2v) is 6.09. The van der Waals surface area contributed by atoms with Gasteiger partial charge in [-0.1, -0.05) is 5.11 Å². The Morgan fingerprint density at radius 2 is 2.30 bits per heavy atom. The van der Waals surface area contributed by atoms with Gasteiger partial charge in [-0.25, -0.2) is 9.78 Å². The number of ether oxygens (including phenoxy) is 1. The van der Waals surface area contributed by atoms with Gasteiger partial charge >= 0.3 is 6.09 Å². The Morgan fingerprint density at radius 3 is 2.95 bits per heavy atom. The molecule has 1 aliphatic carbocycles. The van der Waals surface area contributed by atoms with Crippen LogP contribution in [0.15, 0.2) is 11.3 Å². The van der Waals surface area contributed by atoms with Gasteiger partial charge in [-0.15, -0.1) is 11.3 Å². The largest absolute Gasteiger partial charge is 0.446 e. The van der Waals surface area contributed by atoms with Gasteiger partial charge in [0.2, 0.25) is 0 Å². The van der Waals surface area contributed by atoms with Crippen molar-refractivity contribution in [1.82, 2.24) is 4.98 Å². The fourth-order valence-electron chi connectivity index (χ4n) is 2.48. The van der Waals surface area contributed by atoms with E-state index >= 15 is 0 Å². The van der Waals surface area contributed by atoms with Crippen LogP contribution in [-0.2, 0) is 17.7 Å². The third-order valence-electron chi connectivity index (χ3n) is 3.43. The Kier molecular flexibility index (Phi) is 5.20. The summed E-state index contributed by atoms with van der Waals surface area (Å²) in [6, 6.07) is 0. The highest BCUT2D eigenvalue weighted by Gasteiger charge is 2.24. The number of hydrogen-bond acceptors (Lipinski definition) is 5. The number of carbonyl (C=O) groups is 1. The van der Waals surface area contributed by atoms with Crippen LogP contribution in [0.25, 0.3) is 10.4 Å². The van der Waals surface area contributed by atoms with Gasteiger partial charge in [0.05, 0.1) is 11.6 Å². The molecule has 1 aliphatic rings. The van der Waals surface area contributed by atoms with Crippen LogP contribution < -0.4 is 5.73 Å². The molecule has 2 N–H and O–H groups in total. The van der Waals surface area contributed by atoms with Crippen molar-refractivity contribution < 1.29 is 9.53 Å². The third-order valence-corrected chi connectivity index (χ3v) is 4.44. The number of thiazole rings is 1. The maximum absolute atomic E-state index is 10.7. The van der Waals surface area contributed by atoms with Crippen molar-refractivity contribution in [3.63, 3.8) is 0 Å². The van der Waals surface area contributed by atoms with E-state index in [4.69, 9.17) is 16.0 Å². The van der Waals surface area contributed by atoms with Crippen LogP contribution in [0.3, 0.4) is 0 Å². The molecular formula is C12H17N5O2S. The van der Waals surface area contributed by atoms with E-state index in [1.165, 1.54) is 0 Å². The summed E-state index contributed by atoms with van der Waals surface area (Å²) in [6.07, 6.45) is 5.76. The summed E-state index contributed by atoms with van der Waals surface area (Å²) < 4.78 is 5.02. The molecule has 2 rings (SSSR count). The van der Waals surface area contributed by atoms with E-state index in [1.807, 2.05) is 0 Å². The number of carbonyl (C=O) groups excluding carboxylic acids is 1. The van der Waals surface area contributed by atoms with E-state index in [2.05, 4.69) is 15.0 Å². The summed E-state index contributed by atoms with van der Waals surface area (Å²) >= 11 is 1.60. The lowest BCUT2D eigenvalue weighted by Crippen LogP contribution is -2.27. The molecule has 1 fully saturated rings. The fourth-order valence-corrected chi connectivity index (χ4v) is 3.44. The summed E-state index contributed by atoms with van der Waals surface area (Å²) in [5.41, 5.74) is 13.3. The topological polar surface area (TPSA) is 114 Å². The van der Waals surface area contributed by atoms with E-state index in [0.717, 1.165) is 42.0 Å². The number of azide groups is 1. The molecule has 1 aromatic heterocycles. The minimum atomic E-state index is -0.684. The Morgan fingerprint density at radius 1 is 1.55 bits per heavy atom. The number of primary amides is 1. The van der Waals surface area contributed by atoms with Crippen LogP contribution in [-0.4, -0.2) is 17.2 Å². The van der Waals surface area contributed by atoms with E-state index in [-0.39, 0.29) is 6.10 Å². The first-order valence-corrected chi connectivity index (χ1v) is 7.39. The van der Waals surface area contributed by atoms with Gasteiger partial charge in [0.1, 0.15) is 6.10 Å². The van der Waals surface area contributed by atoms with Gasteiger partial charge in [0.15, 0.2) is 0 Å². The molecular weight excluding hydrogens is 278 g/mol. The summed E-state index contributed by atoms with van der Waals surface area (Å²) in [7, 11) is 0. The first kappa shape index (κ1) is 14.6. The van der Waals surface area contributed by atoms with Crippen molar-refractivity contribution in [2.24, 2.45) is 16.8 Å². The molecule has 0 radical (unpaired) electrons. The van der Waals surface area contributed by atoms with Crippen LogP contribution >= 0.6 is 11.3 Å². The standard InChI is InChI=1S/C12H17N5O2S/c13-12(18)19-9-3-1-8(2-4-9)5-11-15-6-10(20-11)7-16-17-14/h6,8-9H,1-5,7H2,(H2,13,18). The number of nitrogens with zero attached hydrogens (tertiary/aromatic N) is 4. The quantitative estimate of drug-likeness (QED) is 0.511. The van der Waals surface area contributed by atoms with Gasteiger partial charge in [-0.2, -0.15) is 0 Å². The molecule has 0 atom stereocenters. The van der Waals surface area contributed by atoms with E-state index in [9.17, 15) is 4.79 Å². The number of rotatable bonds is 5. The van der Waals surface area contributed by atoms with Crippen molar-refractivity contribution in [3.05, 3.63) is 26.5 Å². The smallest absolute Gasteiger partial charge is 0.404 e. The Balaban J connectivity index is 1.78. The number of amides is 1. The fraction of sp³-hybridized carbons (Fsp3) is 0.667. The van der Waals surface area contributed by atoms with E-state index in [1.54, 1.807) is 17.5 Å². The Labute approximate surface area is 120 Å². The molecule has 1 aromatic rings. The van der Waals surface area contributed by atoms with Gasteiger partial charge in [-0.3, -0.25) is 0 Å². The zero-order chi connectivity index (χ0) is 14.4. The molecule has 0 aromatic carbocycles. The van der Waals surface area contributed by atoms with Crippen LogP contribution in [0.5, 0.6) is 0 Å². The van der Waals surface area contributed by atoms with E-state index < -0.39 is 6.09 Å². The average Bonchev–Trinajstić information content (AvgIpc) is 2.86. The number of aromatic nitrogens is 1. The summed E-state index contributed by atoms with van der Waals surface area (Å²) in [6.45, 7) is 0.368. The highest BCUT2D eigenvalue weighted by Crippen LogP contribution is 2.30. The van der Waals surface area contributed by atoms with E-state index in [0.29, 0.717) is 12.5 Å². The van der Waals surface area contributed by atoms with Crippen molar-refractivity contribution in [1.29, 1.82) is 0 Å². The lowest BCUT2D eigenvalue weighted by Gasteiger charge is -2.27. The minimum Gasteiger partial charge on any atom is -0.446 e. The van der Waals surface area contributed by atoms with Gasteiger partial charge < -0.3 is 10.5 Å². The molecule has 1 amide bonds. The summed E-state index contributed by atoms with van der Waals surface area (Å²) in [5.74, 6) is 0.571. The van der Waals surface area contributed by atoms with Crippen LogP contribution in [0.1, 0.15) is 35.6 Å². The SMILES string of the molecule is [N-]=[N+]=NCc1cnc(CC2CCC(OC(N)=O)CC2)s1. The van der Waals surface area contributed by atoms with Crippen LogP contribution in [0, 0.1) is 5.92 Å². The molecule has 20 heavy (non-hydrogen) atoms. The van der Waals surface area contributed by atoms with Crippen molar-refractivity contribution in [2.75, 3.05) is 0 Å². The number of hydrogen-bond donors (Lipinski definition) is 1. The Hall–Kier alpha value is -1.79. The molecule has 1 saturated carbocycles. The average molecular weight is 295 g/mol. The summed E-state index contributed by atoms with van der Waals surface area (Å²) in [4.78, 5) is 18.8. The second kappa shape index (κ2) is 7.12. The lowest BCUT2D eigenvalue weighted by molar-refractivity contribution is 0.0710. The zero-order valence-electron chi connectivity index (χ0n) is 11.1. The normalized spacial score (nSPS) is 22.0. The molecule has 108 valence electrons. The molecule has 0 bridgehead atoms. The second-order valence-electron chi connectivity index (χ2n) is 4.89. The van der Waals surface area contributed by atoms with Gasteiger partial charge in [0, 0.05) is 22.4 Å². The van der Waals surface area contributed by atoms with Crippen LogP contribution in [0.2, 0.25) is 0 Å². The maximum atomic E-state index is 10.7. The predicted octanol–water partition coefficient (Wildman–Crippen LogP) is 3.15. The monoisotopic (exact) mass is 295 g/mol. The highest BCUT2D eigenvalue weighted by atomic mass is 32.1. The minimum absolute atomic E-state index is 0.0272. The van der Waals surface area contributed by atoms with Crippen molar-refractivity contribution >= 4 is 17.4 Å². The van der Waals surface area contributed by atoms with Crippen molar-refractivity contribution in [2.45, 2.75) is 44.8 Å². The highest BCUT2D eigenvalue weighted by molar-refractivity contribution is 7.11. The van der Waals surface area contributed by atoms with Gasteiger partial charge in [0.25, 0.3) is 0 Å². The first-order valence-electron chi connectivity index (χ1n) is 6.58. The van der Waals surface area contributed by atoms with Crippen molar-refractivity contribution in [3.8, 4) is 0 Å². The maximum Gasteiger partial charge on any atom is 0.404 e.